The number of imidazole rings is 1. The summed E-state index contributed by atoms with van der Waals surface area (Å²) in [5, 5.41) is 0. The predicted octanol–water partition coefficient (Wildman–Crippen LogP) is 1.68. The van der Waals surface area contributed by atoms with E-state index >= 15 is 0 Å². The zero-order valence-corrected chi connectivity index (χ0v) is 13.8. The number of aromatic nitrogens is 4. The molecule has 0 bridgehead atoms. The molecule has 0 amide bonds. The summed E-state index contributed by atoms with van der Waals surface area (Å²) in [5.74, 6) is -0.166. The van der Waals surface area contributed by atoms with E-state index in [9.17, 15) is 8.78 Å². The van der Waals surface area contributed by atoms with Gasteiger partial charge in [-0.25, -0.2) is 29.2 Å². The first-order valence-corrected chi connectivity index (χ1v) is 8.55. The molecular weight excluding hydrogens is 340 g/mol. The number of halogens is 2. The number of H-pyrrole nitrogens is 1. The Morgan fingerprint density at radius 1 is 1.04 bits per heavy atom. The lowest BCUT2D eigenvalue weighted by Crippen LogP contribution is -2.46. The maximum absolute atomic E-state index is 13.7. The van der Waals surface area contributed by atoms with Crippen molar-refractivity contribution in [1.82, 2.24) is 30.8 Å². The molecule has 7 nitrogen and oxygen atoms in total. The number of hydrogen-bond acceptors (Lipinski definition) is 6. The van der Waals surface area contributed by atoms with Crippen LogP contribution in [0.4, 0.5) is 14.6 Å². The summed E-state index contributed by atoms with van der Waals surface area (Å²) in [6, 6.07) is 3.74. The summed E-state index contributed by atoms with van der Waals surface area (Å²) in [7, 11) is 0. The molecule has 2 saturated heterocycles. The minimum Gasteiger partial charge on any atom is -0.354 e. The van der Waals surface area contributed by atoms with Gasteiger partial charge in [0.15, 0.2) is 11.5 Å². The van der Waals surface area contributed by atoms with Gasteiger partial charge in [-0.1, -0.05) is 0 Å². The summed E-state index contributed by atoms with van der Waals surface area (Å²) in [6.45, 7) is 1.53. The normalized spacial score (nSPS) is 25.6. The first-order chi connectivity index (χ1) is 12.7. The molecule has 5 rings (SSSR count). The number of aromatic amines is 1. The minimum absolute atomic E-state index is 0.151. The van der Waals surface area contributed by atoms with Gasteiger partial charge >= 0.3 is 0 Å². The Bertz CT molecular complexity index is 939. The van der Waals surface area contributed by atoms with Crippen LogP contribution >= 0.6 is 0 Å². The molecule has 0 radical (unpaired) electrons. The van der Waals surface area contributed by atoms with E-state index in [-0.39, 0.29) is 18.0 Å². The van der Waals surface area contributed by atoms with Crippen LogP contribution < -0.4 is 15.8 Å². The smallest absolute Gasteiger partial charge is 0.182 e. The largest absolute Gasteiger partial charge is 0.354 e. The van der Waals surface area contributed by atoms with Crippen LogP contribution in [0, 0.1) is 17.6 Å². The monoisotopic (exact) mass is 357 g/mol. The molecule has 1 aromatic carbocycles. The van der Waals surface area contributed by atoms with Gasteiger partial charge in [-0.05, 0) is 24.1 Å². The summed E-state index contributed by atoms with van der Waals surface area (Å²) < 4.78 is 27.3. The molecule has 2 aromatic heterocycles. The number of fused-ring (bicyclic) bond motifs is 2. The highest BCUT2D eigenvalue weighted by molar-refractivity contribution is 5.82. The predicted molar refractivity (Wildman–Crippen MR) is 91.2 cm³/mol. The number of hydrogen-bond donors (Lipinski definition) is 3. The number of anilines is 1. The Morgan fingerprint density at radius 3 is 2.73 bits per heavy atom. The van der Waals surface area contributed by atoms with E-state index in [2.05, 4.69) is 35.7 Å². The third-order valence-electron chi connectivity index (χ3n) is 5.26. The average molecular weight is 357 g/mol. The van der Waals surface area contributed by atoms with E-state index in [4.69, 9.17) is 0 Å². The van der Waals surface area contributed by atoms with Gasteiger partial charge in [0.25, 0.3) is 0 Å². The maximum Gasteiger partial charge on any atom is 0.182 e. The molecule has 3 unspecified atom stereocenters. The van der Waals surface area contributed by atoms with Crippen LogP contribution in [-0.2, 0) is 0 Å². The molecule has 2 fully saturated rings. The van der Waals surface area contributed by atoms with E-state index in [0.717, 1.165) is 30.4 Å². The number of piperidine rings is 1. The number of rotatable bonds is 2. The molecule has 0 aliphatic carbocycles. The molecule has 3 aromatic rings. The number of nitrogens with one attached hydrogen (secondary N) is 3. The van der Waals surface area contributed by atoms with Crippen molar-refractivity contribution in [3.05, 3.63) is 48.1 Å². The highest BCUT2D eigenvalue weighted by Crippen LogP contribution is 2.36. The van der Waals surface area contributed by atoms with Crippen molar-refractivity contribution in [2.45, 2.75) is 18.5 Å². The highest BCUT2D eigenvalue weighted by Gasteiger charge is 2.41. The van der Waals surface area contributed by atoms with Gasteiger partial charge in [0.05, 0.1) is 12.4 Å². The number of hydrazine groups is 1. The molecule has 3 atom stereocenters. The van der Waals surface area contributed by atoms with Gasteiger partial charge in [-0.15, -0.1) is 0 Å². The van der Waals surface area contributed by atoms with Crippen LogP contribution in [0.5, 0.6) is 0 Å². The zero-order valence-electron chi connectivity index (χ0n) is 13.8. The Morgan fingerprint density at radius 2 is 1.88 bits per heavy atom. The van der Waals surface area contributed by atoms with Crippen molar-refractivity contribution in [2.75, 3.05) is 18.0 Å². The Kier molecular flexibility index (Phi) is 3.57. The molecule has 134 valence electrons. The minimum atomic E-state index is -0.562. The number of nitrogens with zero attached hydrogens (tertiary/aromatic N) is 4. The quantitative estimate of drug-likeness (QED) is 0.647. The summed E-state index contributed by atoms with van der Waals surface area (Å²) in [6.07, 6.45) is 4.01. The Labute approximate surface area is 147 Å². The highest BCUT2D eigenvalue weighted by atomic mass is 19.1. The molecule has 4 heterocycles. The van der Waals surface area contributed by atoms with Gasteiger partial charge in [0.2, 0.25) is 0 Å². The second-order valence-electron chi connectivity index (χ2n) is 6.77. The van der Waals surface area contributed by atoms with Crippen LogP contribution in [-0.4, -0.2) is 39.1 Å². The average Bonchev–Trinajstić information content (AvgIpc) is 3.26. The van der Waals surface area contributed by atoms with Crippen molar-refractivity contribution in [3.8, 4) is 0 Å². The molecule has 2 aliphatic heterocycles. The van der Waals surface area contributed by atoms with Gasteiger partial charge in [-0.3, -0.25) is 5.43 Å². The van der Waals surface area contributed by atoms with Gasteiger partial charge in [0.1, 0.15) is 23.5 Å². The van der Waals surface area contributed by atoms with Crippen LogP contribution in [0.2, 0.25) is 0 Å². The molecule has 26 heavy (non-hydrogen) atoms. The van der Waals surface area contributed by atoms with Crippen molar-refractivity contribution >= 4 is 17.0 Å². The molecule has 0 spiro atoms. The molecule has 0 saturated carbocycles. The molecular formula is C17H17F2N7. The fourth-order valence-electron chi connectivity index (χ4n) is 4.07. The van der Waals surface area contributed by atoms with Crippen LogP contribution in [0.25, 0.3) is 11.2 Å². The van der Waals surface area contributed by atoms with Crippen molar-refractivity contribution < 1.29 is 8.78 Å². The van der Waals surface area contributed by atoms with E-state index in [0.29, 0.717) is 17.8 Å². The summed E-state index contributed by atoms with van der Waals surface area (Å²) >= 11 is 0. The van der Waals surface area contributed by atoms with Gasteiger partial charge in [-0.2, -0.15) is 0 Å². The lowest BCUT2D eigenvalue weighted by atomic mass is 9.85. The third-order valence-corrected chi connectivity index (χ3v) is 5.26. The van der Waals surface area contributed by atoms with Crippen molar-refractivity contribution in [1.29, 1.82) is 0 Å². The van der Waals surface area contributed by atoms with E-state index < -0.39 is 11.6 Å². The standard InChI is InChI=1S/C17H17F2N7/c18-10-3-9(4-11(19)5-10)14-12-6-26(2-1-13(12)24-25-14)17-15-16(21-7-20-15)22-8-23-17/h3-5,7-8,12-14,24-25H,1-2,6H2,(H,20,21,22,23). The fraction of sp³-hybridized carbons (Fsp3) is 0.353. The van der Waals surface area contributed by atoms with Gasteiger partial charge in [0, 0.05) is 31.1 Å². The van der Waals surface area contributed by atoms with E-state index in [1.165, 1.54) is 18.5 Å². The molecule has 3 N–H and O–H groups in total. The molecule has 9 heteroatoms. The SMILES string of the molecule is Fc1cc(F)cc(C2NNC3CCN(c4ncnc5nc[nH]c45)CC32)c1. The number of benzene rings is 1. The summed E-state index contributed by atoms with van der Waals surface area (Å²) in [5.41, 5.74) is 8.53. The van der Waals surface area contributed by atoms with Crippen LogP contribution in [0.3, 0.4) is 0 Å². The zero-order chi connectivity index (χ0) is 17.7. The maximum atomic E-state index is 13.7. The van der Waals surface area contributed by atoms with Gasteiger partial charge < -0.3 is 9.88 Å². The molecule has 2 aliphatic rings. The third kappa shape index (κ3) is 2.51. The van der Waals surface area contributed by atoms with E-state index in [1.54, 1.807) is 6.33 Å². The van der Waals surface area contributed by atoms with Crippen molar-refractivity contribution in [3.63, 3.8) is 0 Å². The first kappa shape index (κ1) is 15.6. The summed E-state index contributed by atoms with van der Waals surface area (Å²) in [4.78, 5) is 18.0. The van der Waals surface area contributed by atoms with Crippen LogP contribution in [0.15, 0.2) is 30.9 Å². The first-order valence-electron chi connectivity index (χ1n) is 8.55. The Balaban J connectivity index is 1.46. The topological polar surface area (TPSA) is 81.8 Å². The van der Waals surface area contributed by atoms with Crippen molar-refractivity contribution in [2.24, 2.45) is 5.92 Å². The second-order valence-corrected chi connectivity index (χ2v) is 6.77. The van der Waals surface area contributed by atoms with E-state index in [1.807, 2.05) is 0 Å². The second kappa shape index (κ2) is 5.96. The van der Waals surface area contributed by atoms with Crippen LogP contribution in [0.1, 0.15) is 18.0 Å². The Hall–Kier alpha value is -2.65. The fourth-order valence-corrected chi connectivity index (χ4v) is 4.07. The lowest BCUT2D eigenvalue weighted by Gasteiger charge is -2.36. The lowest BCUT2D eigenvalue weighted by molar-refractivity contribution is 0.354.